The minimum Gasteiger partial charge on any atom is -0.342 e. The van der Waals surface area contributed by atoms with Gasteiger partial charge in [0.15, 0.2) is 0 Å². The monoisotopic (exact) mass is 256 g/mol. The van der Waals surface area contributed by atoms with Crippen molar-refractivity contribution in [3.63, 3.8) is 0 Å². The normalized spacial score (nSPS) is 20.7. The standard InChI is InChI=1S/C15H20N4/c1-12(16)13-7-9-18(11-13)15-17-8-10-19(15)14-5-3-2-4-6-14/h2-6,8,10,12-13H,7,9,11,16H2,1H3. The van der Waals surface area contributed by atoms with Crippen LogP contribution in [-0.2, 0) is 0 Å². The second kappa shape index (κ2) is 5.05. The summed E-state index contributed by atoms with van der Waals surface area (Å²) < 4.78 is 2.14. The SMILES string of the molecule is CC(N)C1CCN(c2nccn2-c2ccccc2)C1. The van der Waals surface area contributed by atoms with Crippen LogP contribution in [0.1, 0.15) is 13.3 Å². The van der Waals surface area contributed by atoms with Gasteiger partial charge in [0.2, 0.25) is 5.95 Å². The summed E-state index contributed by atoms with van der Waals surface area (Å²) in [5.41, 5.74) is 7.16. The zero-order valence-corrected chi connectivity index (χ0v) is 11.2. The third kappa shape index (κ3) is 2.36. The van der Waals surface area contributed by atoms with Crippen LogP contribution in [0.5, 0.6) is 0 Å². The van der Waals surface area contributed by atoms with Crippen molar-refractivity contribution in [1.29, 1.82) is 0 Å². The van der Waals surface area contributed by atoms with Crippen LogP contribution in [0.4, 0.5) is 5.95 Å². The van der Waals surface area contributed by atoms with E-state index in [2.05, 4.69) is 33.5 Å². The maximum Gasteiger partial charge on any atom is 0.210 e. The van der Waals surface area contributed by atoms with Crippen LogP contribution in [0.3, 0.4) is 0 Å². The van der Waals surface area contributed by atoms with Gasteiger partial charge in [-0.3, -0.25) is 4.57 Å². The number of hydrogen-bond donors (Lipinski definition) is 1. The van der Waals surface area contributed by atoms with Crippen molar-refractivity contribution in [2.24, 2.45) is 11.7 Å². The van der Waals surface area contributed by atoms with Crippen LogP contribution in [0.2, 0.25) is 0 Å². The molecular formula is C15H20N4. The largest absolute Gasteiger partial charge is 0.342 e. The summed E-state index contributed by atoms with van der Waals surface area (Å²) >= 11 is 0. The molecular weight excluding hydrogens is 236 g/mol. The van der Waals surface area contributed by atoms with E-state index in [9.17, 15) is 0 Å². The highest BCUT2D eigenvalue weighted by Gasteiger charge is 2.27. The molecule has 2 unspecified atom stereocenters. The van der Waals surface area contributed by atoms with Crippen molar-refractivity contribution in [3.05, 3.63) is 42.7 Å². The molecule has 100 valence electrons. The highest BCUT2D eigenvalue weighted by Crippen LogP contribution is 2.25. The molecule has 0 aliphatic carbocycles. The van der Waals surface area contributed by atoms with E-state index in [1.807, 2.05) is 30.6 Å². The van der Waals surface area contributed by atoms with E-state index in [0.29, 0.717) is 5.92 Å². The minimum absolute atomic E-state index is 0.255. The van der Waals surface area contributed by atoms with Gasteiger partial charge in [-0.15, -0.1) is 0 Å². The zero-order chi connectivity index (χ0) is 13.2. The molecule has 1 aliphatic rings. The number of rotatable bonds is 3. The maximum absolute atomic E-state index is 6.01. The van der Waals surface area contributed by atoms with Gasteiger partial charge in [-0.25, -0.2) is 4.98 Å². The molecule has 0 saturated carbocycles. The Morgan fingerprint density at radius 1 is 1.32 bits per heavy atom. The predicted octanol–water partition coefficient (Wildman–Crippen LogP) is 2.05. The van der Waals surface area contributed by atoms with Crippen molar-refractivity contribution >= 4 is 5.95 Å². The van der Waals surface area contributed by atoms with E-state index >= 15 is 0 Å². The molecule has 1 aromatic heterocycles. The lowest BCUT2D eigenvalue weighted by molar-refractivity contribution is 0.487. The molecule has 1 fully saturated rings. The Hall–Kier alpha value is -1.81. The van der Waals surface area contributed by atoms with E-state index in [0.717, 1.165) is 31.1 Å². The minimum atomic E-state index is 0.255. The first-order valence-corrected chi connectivity index (χ1v) is 6.85. The second-order valence-corrected chi connectivity index (χ2v) is 5.29. The fourth-order valence-corrected chi connectivity index (χ4v) is 2.72. The summed E-state index contributed by atoms with van der Waals surface area (Å²) in [6.45, 7) is 4.13. The van der Waals surface area contributed by atoms with Crippen LogP contribution < -0.4 is 10.6 Å². The number of imidazole rings is 1. The number of anilines is 1. The van der Waals surface area contributed by atoms with Crippen molar-refractivity contribution in [3.8, 4) is 5.69 Å². The number of benzene rings is 1. The van der Waals surface area contributed by atoms with Gasteiger partial charge in [0.05, 0.1) is 0 Å². The van der Waals surface area contributed by atoms with Gasteiger partial charge >= 0.3 is 0 Å². The van der Waals surface area contributed by atoms with Crippen molar-refractivity contribution in [2.45, 2.75) is 19.4 Å². The Labute approximate surface area is 113 Å². The number of nitrogens with two attached hydrogens (primary N) is 1. The first-order chi connectivity index (χ1) is 9.25. The van der Waals surface area contributed by atoms with Gasteiger partial charge in [0, 0.05) is 37.2 Å². The Kier molecular flexibility index (Phi) is 3.25. The van der Waals surface area contributed by atoms with Gasteiger partial charge in [0.1, 0.15) is 0 Å². The summed E-state index contributed by atoms with van der Waals surface area (Å²) in [4.78, 5) is 6.85. The lowest BCUT2D eigenvalue weighted by Gasteiger charge is -2.20. The molecule has 3 rings (SSSR count). The molecule has 19 heavy (non-hydrogen) atoms. The average molecular weight is 256 g/mol. The molecule has 2 N–H and O–H groups in total. The van der Waals surface area contributed by atoms with Crippen LogP contribution in [0, 0.1) is 5.92 Å². The van der Waals surface area contributed by atoms with Crippen molar-refractivity contribution in [1.82, 2.24) is 9.55 Å². The Balaban J connectivity index is 1.86. The molecule has 1 aliphatic heterocycles. The Morgan fingerprint density at radius 2 is 2.11 bits per heavy atom. The topological polar surface area (TPSA) is 47.1 Å². The van der Waals surface area contributed by atoms with E-state index in [-0.39, 0.29) is 6.04 Å². The fraction of sp³-hybridized carbons (Fsp3) is 0.400. The number of hydrogen-bond acceptors (Lipinski definition) is 3. The maximum atomic E-state index is 6.01. The van der Waals surface area contributed by atoms with Crippen LogP contribution in [0.15, 0.2) is 42.7 Å². The van der Waals surface area contributed by atoms with Crippen molar-refractivity contribution < 1.29 is 0 Å². The summed E-state index contributed by atoms with van der Waals surface area (Å²) in [6, 6.07) is 10.6. The molecule has 1 aromatic carbocycles. The zero-order valence-electron chi connectivity index (χ0n) is 11.2. The molecule has 4 nitrogen and oxygen atoms in total. The third-order valence-corrected chi connectivity index (χ3v) is 3.91. The summed E-state index contributed by atoms with van der Waals surface area (Å²) in [6.07, 6.45) is 5.03. The van der Waals surface area contributed by atoms with Gasteiger partial charge < -0.3 is 10.6 Å². The van der Waals surface area contributed by atoms with Gasteiger partial charge in [-0.1, -0.05) is 18.2 Å². The second-order valence-electron chi connectivity index (χ2n) is 5.29. The van der Waals surface area contributed by atoms with Crippen molar-refractivity contribution in [2.75, 3.05) is 18.0 Å². The Bertz CT molecular complexity index is 532. The molecule has 0 spiro atoms. The molecule has 2 aromatic rings. The van der Waals surface area contributed by atoms with E-state index in [1.165, 1.54) is 0 Å². The van der Waals surface area contributed by atoms with E-state index in [4.69, 9.17) is 5.73 Å². The molecule has 2 atom stereocenters. The molecule has 0 radical (unpaired) electrons. The van der Waals surface area contributed by atoms with Gasteiger partial charge in [-0.05, 0) is 31.4 Å². The molecule has 2 heterocycles. The highest BCUT2D eigenvalue weighted by molar-refractivity contribution is 5.44. The quantitative estimate of drug-likeness (QED) is 0.914. The lowest BCUT2D eigenvalue weighted by Crippen LogP contribution is -2.30. The van der Waals surface area contributed by atoms with Gasteiger partial charge in [0.25, 0.3) is 0 Å². The first-order valence-electron chi connectivity index (χ1n) is 6.85. The molecule has 0 bridgehead atoms. The van der Waals surface area contributed by atoms with E-state index in [1.54, 1.807) is 0 Å². The van der Waals surface area contributed by atoms with Crippen LogP contribution >= 0.6 is 0 Å². The lowest BCUT2D eigenvalue weighted by atomic mass is 10.0. The number of para-hydroxylation sites is 1. The number of nitrogens with zero attached hydrogens (tertiary/aromatic N) is 3. The first kappa shape index (κ1) is 12.2. The summed E-state index contributed by atoms with van der Waals surface area (Å²) in [5.74, 6) is 1.59. The smallest absolute Gasteiger partial charge is 0.210 e. The predicted molar refractivity (Wildman–Crippen MR) is 77.5 cm³/mol. The summed E-state index contributed by atoms with van der Waals surface area (Å²) in [7, 11) is 0. The molecule has 1 saturated heterocycles. The average Bonchev–Trinajstić information content (AvgIpc) is 3.08. The van der Waals surface area contributed by atoms with Crippen LogP contribution in [-0.4, -0.2) is 28.7 Å². The van der Waals surface area contributed by atoms with Gasteiger partial charge in [-0.2, -0.15) is 0 Å². The summed E-state index contributed by atoms with van der Waals surface area (Å²) in [5, 5.41) is 0. The fourth-order valence-electron chi connectivity index (χ4n) is 2.72. The highest BCUT2D eigenvalue weighted by atomic mass is 15.3. The Morgan fingerprint density at radius 3 is 2.79 bits per heavy atom. The van der Waals surface area contributed by atoms with Crippen LogP contribution in [0.25, 0.3) is 5.69 Å². The van der Waals surface area contributed by atoms with E-state index < -0.39 is 0 Å². The number of aromatic nitrogens is 2. The molecule has 4 heteroatoms. The molecule has 0 amide bonds. The third-order valence-electron chi connectivity index (χ3n) is 3.91.